The highest BCUT2D eigenvalue weighted by atomic mass is 35.5. The number of nitrogens with zero attached hydrogens (tertiary/aromatic N) is 3. The molecule has 0 aliphatic carbocycles. The van der Waals surface area contributed by atoms with Crippen LogP contribution >= 0.6 is 23.2 Å². The summed E-state index contributed by atoms with van der Waals surface area (Å²) in [5.74, 6) is -0.375. The van der Waals surface area contributed by atoms with Crippen LogP contribution < -0.4 is 0 Å². The summed E-state index contributed by atoms with van der Waals surface area (Å²) in [4.78, 5) is 33.9. The van der Waals surface area contributed by atoms with Gasteiger partial charge < -0.3 is 19.3 Å². The van der Waals surface area contributed by atoms with Crippen LogP contribution in [0.2, 0.25) is 10.0 Å². The molecular weight excluding hydrogens is 453 g/mol. The monoisotopic (exact) mass is 479 g/mol. The Morgan fingerprint density at radius 2 is 2.03 bits per heavy atom. The van der Waals surface area contributed by atoms with Crippen molar-refractivity contribution < 1.29 is 19.1 Å². The summed E-state index contributed by atoms with van der Waals surface area (Å²) in [6.07, 6.45) is 2.30. The van der Waals surface area contributed by atoms with E-state index in [2.05, 4.69) is 9.89 Å². The molecule has 3 heterocycles. The Labute approximate surface area is 197 Å². The first-order valence-electron chi connectivity index (χ1n) is 10.6. The zero-order chi connectivity index (χ0) is 23.2. The molecule has 7 nitrogen and oxygen atoms in total. The van der Waals surface area contributed by atoms with Crippen LogP contribution in [0.3, 0.4) is 0 Å². The van der Waals surface area contributed by atoms with E-state index in [1.165, 1.54) is 7.11 Å². The summed E-state index contributed by atoms with van der Waals surface area (Å²) in [7, 11) is 5.49. The highest BCUT2D eigenvalue weighted by molar-refractivity contribution is 6.37. The van der Waals surface area contributed by atoms with Gasteiger partial charge in [0, 0.05) is 35.8 Å². The molecule has 0 aromatic heterocycles. The van der Waals surface area contributed by atoms with Crippen molar-refractivity contribution in [2.24, 2.45) is 16.8 Å². The second kappa shape index (κ2) is 9.14. The third-order valence-electron chi connectivity index (χ3n) is 6.38. The van der Waals surface area contributed by atoms with Crippen molar-refractivity contribution >= 4 is 40.7 Å². The second-order valence-electron chi connectivity index (χ2n) is 8.72. The number of dihydropyridines is 1. The number of allylic oxidation sites excluding steroid dienone is 1. The summed E-state index contributed by atoms with van der Waals surface area (Å²) in [6.45, 7) is 3.65. The topological polar surface area (TPSA) is 71.4 Å². The zero-order valence-corrected chi connectivity index (χ0v) is 20.2. The first kappa shape index (κ1) is 23.2. The van der Waals surface area contributed by atoms with Crippen LogP contribution in [-0.2, 0) is 20.7 Å². The summed E-state index contributed by atoms with van der Waals surface area (Å²) >= 11 is 13.5. The number of halogens is 2. The minimum absolute atomic E-state index is 0.0116. The first-order chi connectivity index (χ1) is 15.2. The number of fused-ring (bicyclic) bond motifs is 1. The van der Waals surface area contributed by atoms with E-state index in [1.807, 2.05) is 20.2 Å². The summed E-state index contributed by atoms with van der Waals surface area (Å²) in [5, 5.41) is 0.974. The Hall–Kier alpha value is -1.93. The van der Waals surface area contributed by atoms with Gasteiger partial charge in [0.25, 0.3) is 11.8 Å². The molecule has 32 heavy (non-hydrogen) atoms. The number of ether oxygens (including phenoxy) is 2. The number of aliphatic imine (C=N–C) groups is 1. The smallest absolute Gasteiger partial charge is 0.258 e. The molecule has 0 spiro atoms. The lowest BCUT2D eigenvalue weighted by atomic mass is 9.86. The van der Waals surface area contributed by atoms with Gasteiger partial charge in [0.2, 0.25) is 0 Å². The van der Waals surface area contributed by atoms with Crippen LogP contribution in [0.25, 0.3) is 0 Å². The number of amides is 2. The van der Waals surface area contributed by atoms with Gasteiger partial charge in [0.15, 0.2) is 0 Å². The molecule has 3 aliphatic rings. The van der Waals surface area contributed by atoms with Crippen molar-refractivity contribution in [3.05, 3.63) is 44.6 Å². The normalized spacial score (nSPS) is 22.3. The molecule has 0 bridgehead atoms. The predicted octanol–water partition coefficient (Wildman–Crippen LogP) is 3.39. The summed E-state index contributed by atoms with van der Waals surface area (Å²) in [5.41, 5.74) is 2.61. The fourth-order valence-electron chi connectivity index (χ4n) is 4.74. The van der Waals surface area contributed by atoms with Crippen LogP contribution in [0.1, 0.15) is 34.5 Å². The first-order valence-corrected chi connectivity index (χ1v) is 11.4. The van der Waals surface area contributed by atoms with Gasteiger partial charge in [0.1, 0.15) is 11.7 Å². The number of benzene rings is 1. The van der Waals surface area contributed by atoms with E-state index in [9.17, 15) is 9.59 Å². The van der Waals surface area contributed by atoms with Crippen molar-refractivity contribution in [1.29, 1.82) is 0 Å². The highest BCUT2D eigenvalue weighted by Crippen LogP contribution is 2.42. The molecule has 9 heteroatoms. The number of carbonyl (C=O) groups is 2. The van der Waals surface area contributed by atoms with E-state index in [-0.39, 0.29) is 30.3 Å². The molecule has 1 saturated heterocycles. The van der Waals surface area contributed by atoms with E-state index in [4.69, 9.17) is 32.7 Å². The molecular formula is C23H27Cl2N3O4. The Kier molecular flexibility index (Phi) is 6.63. The highest BCUT2D eigenvalue weighted by Gasteiger charge is 2.38. The summed E-state index contributed by atoms with van der Waals surface area (Å²) < 4.78 is 10.8. The number of methoxy groups -OCH3 is 1. The minimum atomic E-state index is -0.631. The van der Waals surface area contributed by atoms with Gasteiger partial charge in [-0.25, -0.2) is 4.99 Å². The van der Waals surface area contributed by atoms with Crippen LogP contribution in [0.4, 0.5) is 0 Å². The van der Waals surface area contributed by atoms with E-state index >= 15 is 0 Å². The molecule has 0 N–H and O–H groups in total. The molecule has 1 aromatic rings. The third kappa shape index (κ3) is 4.07. The van der Waals surface area contributed by atoms with Crippen LogP contribution in [0.5, 0.6) is 0 Å². The average Bonchev–Trinajstić information content (AvgIpc) is 2.70. The molecule has 1 aromatic carbocycles. The number of hydrogen-bond acceptors (Lipinski definition) is 5. The number of hydrogen-bond donors (Lipinski definition) is 0. The van der Waals surface area contributed by atoms with Crippen molar-refractivity contribution in [1.82, 2.24) is 9.80 Å². The lowest BCUT2D eigenvalue weighted by Crippen LogP contribution is -2.44. The maximum absolute atomic E-state index is 13.6. The van der Waals surface area contributed by atoms with Gasteiger partial charge in [0.05, 0.1) is 30.9 Å². The van der Waals surface area contributed by atoms with Crippen LogP contribution in [0.15, 0.2) is 22.9 Å². The van der Waals surface area contributed by atoms with Gasteiger partial charge in [-0.2, -0.15) is 0 Å². The predicted molar refractivity (Wildman–Crippen MR) is 124 cm³/mol. The van der Waals surface area contributed by atoms with Gasteiger partial charge in [-0.05, 0) is 50.7 Å². The van der Waals surface area contributed by atoms with Gasteiger partial charge in [-0.15, -0.1) is 0 Å². The fraction of sp³-hybridized carbons (Fsp3) is 0.522. The molecule has 0 saturated carbocycles. The summed E-state index contributed by atoms with van der Waals surface area (Å²) in [6, 6.07) is 1.88. The quantitative estimate of drug-likeness (QED) is 0.625. The second-order valence-corrected chi connectivity index (χ2v) is 9.50. The number of carbonyl (C=O) groups excluding carboxylic acids is 2. The maximum Gasteiger partial charge on any atom is 0.258 e. The molecule has 2 unspecified atom stereocenters. The van der Waals surface area contributed by atoms with Gasteiger partial charge >= 0.3 is 0 Å². The fourth-order valence-corrected chi connectivity index (χ4v) is 5.41. The molecule has 172 valence electrons. The van der Waals surface area contributed by atoms with E-state index in [1.54, 1.807) is 17.9 Å². The molecule has 4 rings (SSSR count). The minimum Gasteiger partial charge on any atom is -0.500 e. The van der Waals surface area contributed by atoms with Gasteiger partial charge in [-0.1, -0.05) is 23.2 Å². The lowest BCUT2D eigenvalue weighted by molar-refractivity contribution is -0.122. The Bertz CT molecular complexity index is 1020. The Morgan fingerprint density at radius 1 is 1.31 bits per heavy atom. The van der Waals surface area contributed by atoms with E-state index in [0.29, 0.717) is 53.3 Å². The zero-order valence-electron chi connectivity index (χ0n) is 18.7. The van der Waals surface area contributed by atoms with Crippen molar-refractivity contribution in [3.63, 3.8) is 0 Å². The molecule has 2 amide bonds. The standard InChI is InChI=1S/C23H27Cl2N3O4/c1-12-7-18(31-4)16(22(29)26-12)9-28-6-5-14-17(24)8-15(20(25)19(14)23(28)30)21(27(2)3)13-10-32-11-13/h7-8,13,16,21H,5-6,9-11H2,1-4H3. The number of rotatable bonds is 6. The third-order valence-corrected chi connectivity index (χ3v) is 7.13. The SMILES string of the molecule is COC1=CC(C)=NC(=O)C1CN1CCc2c(Cl)cc(C(C3COC3)N(C)C)c(Cl)c2C1=O. The largest absolute Gasteiger partial charge is 0.500 e. The molecule has 3 aliphatic heterocycles. The van der Waals surface area contributed by atoms with Crippen molar-refractivity contribution in [3.8, 4) is 0 Å². The molecule has 1 fully saturated rings. The molecule has 2 atom stereocenters. The van der Waals surface area contributed by atoms with Crippen LogP contribution in [-0.4, -0.2) is 74.8 Å². The molecule has 0 radical (unpaired) electrons. The average molecular weight is 480 g/mol. The van der Waals surface area contributed by atoms with E-state index in [0.717, 1.165) is 11.1 Å². The lowest BCUT2D eigenvalue weighted by Gasteiger charge is -2.39. The van der Waals surface area contributed by atoms with Crippen molar-refractivity contribution in [2.45, 2.75) is 19.4 Å². The van der Waals surface area contributed by atoms with Gasteiger partial charge in [-0.3, -0.25) is 9.59 Å². The Morgan fingerprint density at radius 3 is 2.62 bits per heavy atom. The van der Waals surface area contributed by atoms with Crippen molar-refractivity contribution in [2.75, 3.05) is 47.5 Å². The Balaban J connectivity index is 1.67. The van der Waals surface area contributed by atoms with E-state index < -0.39 is 5.92 Å². The maximum atomic E-state index is 13.6. The van der Waals surface area contributed by atoms with Crippen LogP contribution in [0, 0.1) is 11.8 Å².